The number of rotatable bonds is 2. The third-order valence-electron chi connectivity index (χ3n) is 2.25. The van der Waals surface area contributed by atoms with E-state index in [-0.39, 0.29) is 6.04 Å². The van der Waals surface area contributed by atoms with Crippen molar-refractivity contribution in [3.63, 3.8) is 0 Å². The Labute approximate surface area is 119 Å². The van der Waals surface area contributed by atoms with E-state index in [2.05, 4.69) is 37.0 Å². The maximum absolute atomic E-state index is 6.19. The predicted octanol–water partition coefficient (Wildman–Crippen LogP) is 3.71. The molecule has 0 saturated heterocycles. The van der Waals surface area contributed by atoms with Gasteiger partial charge in [-0.3, -0.25) is 4.68 Å². The number of thiophene rings is 1. The fourth-order valence-electron chi connectivity index (χ4n) is 1.48. The standard InChI is InChI=1S/C9H8Br2ClN3S/c1-15-8(5(12)3-14-15)7(13)4-2-6(10)16-9(4)11/h2-3,7H,13H2,1H3. The van der Waals surface area contributed by atoms with E-state index < -0.39 is 0 Å². The van der Waals surface area contributed by atoms with Gasteiger partial charge in [0.15, 0.2) is 0 Å². The van der Waals surface area contributed by atoms with Gasteiger partial charge in [0.1, 0.15) is 0 Å². The third kappa shape index (κ3) is 2.22. The summed E-state index contributed by atoms with van der Waals surface area (Å²) in [5.41, 5.74) is 8.00. The van der Waals surface area contributed by atoms with Gasteiger partial charge in [-0.05, 0) is 37.9 Å². The first-order valence-electron chi connectivity index (χ1n) is 4.38. The van der Waals surface area contributed by atoms with Crippen molar-refractivity contribution >= 4 is 54.8 Å². The van der Waals surface area contributed by atoms with Crippen molar-refractivity contribution in [2.75, 3.05) is 0 Å². The van der Waals surface area contributed by atoms with Crippen molar-refractivity contribution in [2.45, 2.75) is 6.04 Å². The Hall–Kier alpha value is 0.120. The summed E-state index contributed by atoms with van der Waals surface area (Å²) in [5, 5.41) is 4.67. The summed E-state index contributed by atoms with van der Waals surface area (Å²) in [6, 6.07) is 1.71. The lowest BCUT2D eigenvalue weighted by Gasteiger charge is -2.12. The summed E-state index contributed by atoms with van der Waals surface area (Å²) in [5.74, 6) is 0. The Bertz CT molecular complexity index is 503. The Morgan fingerprint density at radius 3 is 2.69 bits per heavy atom. The van der Waals surface area contributed by atoms with Gasteiger partial charge in [-0.15, -0.1) is 11.3 Å². The highest BCUT2D eigenvalue weighted by molar-refractivity contribution is 9.12. The summed E-state index contributed by atoms with van der Waals surface area (Å²) in [6.45, 7) is 0. The molecule has 0 spiro atoms. The zero-order chi connectivity index (χ0) is 11.9. The molecular formula is C9H8Br2ClN3S. The van der Waals surface area contributed by atoms with Crippen LogP contribution in [0.3, 0.4) is 0 Å². The maximum atomic E-state index is 6.19. The highest BCUT2D eigenvalue weighted by atomic mass is 79.9. The van der Waals surface area contributed by atoms with Crippen LogP contribution in [-0.2, 0) is 7.05 Å². The summed E-state index contributed by atoms with van der Waals surface area (Å²) < 4.78 is 3.73. The number of halogens is 3. The molecule has 2 aromatic rings. The van der Waals surface area contributed by atoms with E-state index in [4.69, 9.17) is 17.3 Å². The maximum Gasteiger partial charge on any atom is 0.0837 e. The van der Waals surface area contributed by atoms with Crippen LogP contribution in [0, 0.1) is 0 Å². The first-order chi connectivity index (χ1) is 7.50. The highest BCUT2D eigenvalue weighted by Gasteiger charge is 2.20. The number of hydrogen-bond donors (Lipinski definition) is 1. The van der Waals surface area contributed by atoms with Crippen LogP contribution in [0.25, 0.3) is 0 Å². The molecule has 0 amide bonds. The van der Waals surface area contributed by atoms with E-state index in [1.54, 1.807) is 22.2 Å². The van der Waals surface area contributed by atoms with Crippen molar-refractivity contribution in [3.05, 3.63) is 36.1 Å². The molecule has 2 heterocycles. The molecule has 7 heteroatoms. The smallest absolute Gasteiger partial charge is 0.0837 e. The lowest BCUT2D eigenvalue weighted by molar-refractivity contribution is 0.673. The van der Waals surface area contributed by atoms with Crippen LogP contribution in [0.5, 0.6) is 0 Å². The van der Waals surface area contributed by atoms with Gasteiger partial charge in [0.25, 0.3) is 0 Å². The Balaban J connectivity index is 2.46. The van der Waals surface area contributed by atoms with E-state index in [0.29, 0.717) is 5.02 Å². The van der Waals surface area contributed by atoms with Gasteiger partial charge in [-0.2, -0.15) is 5.10 Å². The number of aryl methyl sites for hydroxylation is 1. The molecule has 2 N–H and O–H groups in total. The molecule has 0 radical (unpaired) electrons. The number of nitrogens with two attached hydrogens (primary N) is 1. The van der Waals surface area contributed by atoms with Crippen LogP contribution in [0.15, 0.2) is 19.8 Å². The van der Waals surface area contributed by atoms with E-state index >= 15 is 0 Å². The normalized spacial score (nSPS) is 13.1. The molecule has 0 aliphatic heterocycles. The second kappa shape index (κ2) is 4.78. The van der Waals surface area contributed by atoms with E-state index in [1.807, 2.05) is 13.1 Å². The molecule has 2 rings (SSSR count). The van der Waals surface area contributed by atoms with Crippen LogP contribution in [0.2, 0.25) is 5.02 Å². The summed E-state index contributed by atoms with van der Waals surface area (Å²) in [7, 11) is 1.83. The van der Waals surface area contributed by atoms with E-state index in [0.717, 1.165) is 18.8 Å². The largest absolute Gasteiger partial charge is 0.319 e. The number of hydrogen-bond acceptors (Lipinski definition) is 3. The SMILES string of the molecule is Cn1ncc(Cl)c1C(N)c1cc(Br)sc1Br. The molecule has 1 atom stereocenters. The molecular weight excluding hydrogens is 377 g/mol. The van der Waals surface area contributed by atoms with Crippen molar-refractivity contribution in [3.8, 4) is 0 Å². The summed E-state index contributed by atoms with van der Waals surface area (Å²) >= 11 is 14.6. The molecule has 0 aromatic carbocycles. The predicted molar refractivity (Wildman–Crippen MR) is 74.0 cm³/mol. The molecule has 1 unspecified atom stereocenters. The van der Waals surface area contributed by atoms with Crippen LogP contribution >= 0.6 is 54.8 Å². The van der Waals surface area contributed by atoms with Gasteiger partial charge in [-0.1, -0.05) is 11.6 Å². The average molecular weight is 386 g/mol. The van der Waals surface area contributed by atoms with Gasteiger partial charge in [0.05, 0.1) is 30.5 Å². The van der Waals surface area contributed by atoms with Crippen LogP contribution in [0.1, 0.15) is 17.3 Å². The minimum absolute atomic E-state index is 0.281. The highest BCUT2D eigenvalue weighted by Crippen LogP contribution is 2.38. The second-order valence-corrected chi connectivity index (χ2v) is 7.42. The first-order valence-corrected chi connectivity index (χ1v) is 7.16. The molecule has 16 heavy (non-hydrogen) atoms. The molecule has 86 valence electrons. The van der Waals surface area contributed by atoms with Crippen LogP contribution < -0.4 is 5.73 Å². The van der Waals surface area contributed by atoms with Crippen molar-refractivity contribution in [1.82, 2.24) is 9.78 Å². The molecule has 0 aliphatic rings. The lowest BCUT2D eigenvalue weighted by atomic mass is 10.1. The monoisotopic (exact) mass is 383 g/mol. The summed E-state index contributed by atoms with van der Waals surface area (Å²) in [6.07, 6.45) is 1.60. The minimum atomic E-state index is -0.281. The molecule has 0 bridgehead atoms. The lowest BCUT2D eigenvalue weighted by Crippen LogP contribution is -2.16. The van der Waals surface area contributed by atoms with Crippen LogP contribution in [0.4, 0.5) is 0 Å². The third-order valence-corrected chi connectivity index (χ3v) is 4.93. The zero-order valence-corrected chi connectivity index (χ0v) is 13.0. The van der Waals surface area contributed by atoms with Gasteiger partial charge >= 0.3 is 0 Å². The van der Waals surface area contributed by atoms with Gasteiger partial charge in [0.2, 0.25) is 0 Å². The van der Waals surface area contributed by atoms with E-state index in [9.17, 15) is 0 Å². The van der Waals surface area contributed by atoms with Gasteiger partial charge in [0, 0.05) is 12.6 Å². The molecule has 0 saturated carbocycles. The molecule has 3 nitrogen and oxygen atoms in total. The molecule has 0 fully saturated rings. The Morgan fingerprint density at radius 1 is 1.56 bits per heavy atom. The van der Waals surface area contributed by atoms with Gasteiger partial charge < -0.3 is 5.73 Å². The second-order valence-electron chi connectivity index (χ2n) is 3.26. The van der Waals surface area contributed by atoms with Crippen molar-refractivity contribution in [1.29, 1.82) is 0 Å². The zero-order valence-electron chi connectivity index (χ0n) is 8.25. The Kier molecular flexibility index (Phi) is 3.75. The minimum Gasteiger partial charge on any atom is -0.319 e. The van der Waals surface area contributed by atoms with Crippen molar-refractivity contribution in [2.24, 2.45) is 12.8 Å². The van der Waals surface area contributed by atoms with Gasteiger partial charge in [-0.25, -0.2) is 0 Å². The van der Waals surface area contributed by atoms with Crippen LogP contribution in [-0.4, -0.2) is 9.78 Å². The topological polar surface area (TPSA) is 43.8 Å². The molecule has 2 aromatic heterocycles. The summed E-state index contributed by atoms with van der Waals surface area (Å²) in [4.78, 5) is 0. The fraction of sp³-hybridized carbons (Fsp3) is 0.222. The number of aromatic nitrogens is 2. The van der Waals surface area contributed by atoms with E-state index in [1.165, 1.54) is 0 Å². The average Bonchev–Trinajstić information content (AvgIpc) is 2.70. The van der Waals surface area contributed by atoms with Crippen molar-refractivity contribution < 1.29 is 0 Å². The quantitative estimate of drug-likeness (QED) is 0.857. The molecule has 0 aliphatic carbocycles. The first kappa shape index (κ1) is 12.6. The Morgan fingerprint density at radius 2 is 2.25 bits per heavy atom. The number of nitrogens with zero attached hydrogens (tertiary/aromatic N) is 2. The fourth-order valence-corrected chi connectivity index (χ4v) is 4.69.